The molecule has 2 N–H and O–H groups in total. The zero-order chi connectivity index (χ0) is 20.1. The number of rotatable bonds is 6. The average Bonchev–Trinajstić information content (AvgIpc) is 3.20. The number of anilines is 2. The maximum Gasteiger partial charge on any atom is 0.265 e. The predicted octanol–water partition coefficient (Wildman–Crippen LogP) is 5.71. The number of carbonyl (C=O) groups is 2. The fourth-order valence-electron chi connectivity index (χ4n) is 2.30. The van der Waals surface area contributed by atoms with E-state index in [2.05, 4.69) is 10.6 Å². The van der Waals surface area contributed by atoms with Crippen molar-refractivity contribution in [3.8, 4) is 5.75 Å². The lowest BCUT2D eigenvalue weighted by Crippen LogP contribution is -2.30. The van der Waals surface area contributed by atoms with Crippen molar-refractivity contribution in [2.75, 3.05) is 10.6 Å². The molecule has 0 aliphatic rings. The minimum atomic E-state index is -0.767. The Morgan fingerprint density at radius 1 is 1.00 bits per heavy atom. The number of ether oxygens (including phenoxy) is 1. The Morgan fingerprint density at radius 3 is 2.29 bits per heavy atom. The molecule has 0 saturated carbocycles. The molecule has 0 aliphatic carbocycles. The van der Waals surface area contributed by atoms with Crippen LogP contribution in [0.25, 0.3) is 0 Å². The highest BCUT2D eigenvalue weighted by Gasteiger charge is 2.16. The molecule has 1 heterocycles. The summed E-state index contributed by atoms with van der Waals surface area (Å²) in [5, 5.41) is 8.22. The van der Waals surface area contributed by atoms with Gasteiger partial charge in [-0.15, -0.1) is 11.3 Å². The molecule has 0 unspecified atom stereocenters. The van der Waals surface area contributed by atoms with Gasteiger partial charge in [0.15, 0.2) is 6.10 Å². The largest absolute Gasteiger partial charge is 0.479 e. The van der Waals surface area contributed by atoms with E-state index in [-0.39, 0.29) is 11.8 Å². The lowest BCUT2D eigenvalue weighted by molar-refractivity contribution is -0.122. The fraction of sp³-hybridized carbons (Fsp3) is 0.100. The van der Waals surface area contributed by atoms with Gasteiger partial charge in [0, 0.05) is 16.4 Å². The summed E-state index contributed by atoms with van der Waals surface area (Å²) < 4.78 is 5.59. The summed E-state index contributed by atoms with van der Waals surface area (Å²) in [6, 6.07) is 15.2. The van der Waals surface area contributed by atoms with Crippen LogP contribution in [0.5, 0.6) is 5.75 Å². The average molecular weight is 435 g/mol. The molecular weight excluding hydrogens is 419 g/mol. The smallest absolute Gasteiger partial charge is 0.265 e. The van der Waals surface area contributed by atoms with E-state index in [4.69, 9.17) is 27.9 Å². The highest BCUT2D eigenvalue weighted by Crippen LogP contribution is 2.28. The fourth-order valence-corrected chi connectivity index (χ4v) is 3.37. The Bertz CT molecular complexity index is 976. The normalized spacial score (nSPS) is 11.5. The van der Waals surface area contributed by atoms with Crippen LogP contribution in [0, 0.1) is 0 Å². The van der Waals surface area contributed by atoms with Crippen molar-refractivity contribution in [1.29, 1.82) is 0 Å². The number of amides is 2. The van der Waals surface area contributed by atoms with Gasteiger partial charge in [0.2, 0.25) is 0 Å². The third-order valence-electron chi connectivity index (χ3n) is 3.72. The number of nitrogens with one attached hydrogen (secondary N) is 2. The first-order valence-corrected chi connectivity index (χ1v) is 9.93. The molecule has 0 radical (unpaired) electrons. The van der Waals surface area contributed by atoms with E-state index >= 15 is 0 Å². The van der Waals surface area contributed by atoms with Crippen LogP contribution in [-0.2, 0) is 4.79 Å². The molecule has 0 fully saturated rings. The number of hydrogen-bond acceptors (Lipinski definition) is 4. The van der Waals surface area contributed by atoms with E-state index in [1.807, 2.05) is 11.4 Å². The first kappa shape index (κ1) is 20.2. The maximum absolute atomic E-state index is 12.3. The minimum absolute atomic E-state index is 0.173. The number of halogens is 2. The molecule has 0 spiro atoms. The second-order valence-corrected chi connectivity index (χ2v) is 7.62. The topological polar surface area (TPSA) is 67.4 Å². The Kier molecular flexibility index (Phi) is 6.57. The van der Waals surface area contributed by atoms with Gasteiger partial charge in [-0.2, -0.15) is 0 Å². The van der Waals surface area contributed by atoms with Gasteiger partial charge in [0.1, 0.15) is 5.75 Å². The number of thiophene rings is 1. The summed E-state index contributed by atoms with van der Waals surface area (Å²) in [7, 11) is 0. The molecule has 0 aliphatic heterocycles. The van der Waals surface area contributed by atoms with E-state index in [1.165, 1.54) is 11.3 Å². The standard InChI is InChI=1S/C20H16Cl2N2O3S/c1-12(27-17-9-4-13(21)11-16(17)22)19(25)23-14-5-7-15(8-6-14)24-20(26)18-3-2-10-28-18/h2-12H,1H3,(H,23,25)(H,24,26)/t12-/m1/s1. The van der Waals surface area contributed by atoms with Crippen LogP contribution < -0.4 is 15.4 Å². The van der Waals surface area contributed by atoms with Gasteiger partial charge >= 0.3 is 0 Å². The Hall–Kier alpha value is -2.54. The van der Waals surface area contributed by atoms with Crippen LogP contribution >= 0.6 is 34.5 Å². The van der Waals surface area contributed by atoms with Crippen LogP contribution in [0.15, 0.2) is 60.0 Å². The van der Waals surface area contributed by atoms with Gasteiger partial charge in [0.25, 0.3) is 11.8 Å². The lowest BCUT2D eigenvalue weighted by Gasteiger charge is -2.16. The van der Waals surface area contributed by atoms with Crippen molar-refractivity contribution < 1.29 is 14.3 Å². The van der Waals surface area contributed by atoms with E-state index in [0.29, 0.717) is 32.0 Å². The first-order valence-electron chi connectivity index (χ1n) is 8.30. The third kappa shape index (κ3) is 5.25. The van der Waals surface area contributed by atoms with E-state index in [1.54, 1.807) is 55.5 Å². The maximum atomic E-state index is 12.3. The quantitative estimate of drug-likeness (QED) is 0.521. The first-order chi connectivity index (χ1) is 13.4. The molecule has 0 bridgehead atoms. The number of carbonyl (C=O) groups excluding carboxylic acids is 2. The molecule has 2 aromatic carbocycles. The summed E-state index contributed by atoms with van der Waals surface area (Å²) in [4.78, 5) is 25.0. The van der Waals surface area contributed by atoms with Crippen LogP contribution in [0.1, 0.15) is 16.6 Å². The molecule has 144 valence electrons. The van der Waals surface area contributed by atoms with Gasteiger partial charge < -0.3 is 15.4 Å². The van der Waals surface area contributed by atoms with Gasteiger partial charge in [-0.05, 0) is 60.8 Å². The molecule has 28 heavy (non-hydrogen) atoms. The predicted molar refractivity (Wildman–Crippen MR) is 114 cm³/mol. The van der Waals surface area contributed by atoms with Crippen molar-refractivity contribution in [2.45, 2.75) is 13.0 Å². The second kappa shape index (κ2) is 9.10. The van der Waals surface area contributed by atoms with Gasteiger partial charge in [-0.1, -0.05) is 29.3 Å². The lowest BCUT2D eigenvalue weighted by atomic mass is 10.2. The Balaban J connectivity index is 1.57. The van der Waals surface area contributed by atoms with Gasteiger partial charge in [-0.3, -0.25) is 9.59 Å². The van der Waals surface area contributed by atoms with Gasteiger partial charge in [0.05, 0.1) is 9.90 Å². The zero-order valence-electron chi connectivity index (χ0n) is 14.7. The summed E-state index contributed by atoms with van der Waals surface area (Å²) in [5.74, 6) is -0.129. The van der Waals surface area contributed by atoms with Gasteiger partial charge in [-0.25, -0.2) is 0 Å². The van der Waals surface area contributed by atoms with Crippen molar-refractivity contribution in [3.05, 3.63) is 74.9 Å². The molecule has 5 nitrogen and oxygen atoms in total. The van der Waals surface area contributed by atoms with Crippen LogP contribution in [0.2, 0.25) is 10.0 Å². The zero-order valence-corrected chi connectivity index (χ0v) is 17.1. The summed E-state index contributed by atoms with van der Waals surface area (Å²) in [6.07, 6.45) is -0.767. The molecule has 1 aromatic heterocycles. The van der Waals surface area contributed by atoms with E-state index < -0.39 is 6.10 Å². The highest BCUT2D eigenvalue weighted by molar-refractivity contribution is 7.12. The van der Waals surface area contributed by atoms with E-state index in [0.717, 1.165) is 0 Å². The van der Waals surface area contributed by atoms with E-state index in [9.17, 15) is 9.59 Å². The monoisotopic (exact) mass is 434 g/mol. The molecule has 8 heteroatoms. The number of hydrogen-bond donors (Lipinski definition) is 2. The molecule has 0 saturated heterocycles. The van der Waals surface area contributed by atoms with Crippen LogP contribution in [-0.4, -0.2) is 17.9 Å². The second-order valence-electron chi connectivity index (χ2n) is 5.83. The minimum Gasteiger partial charge on any atom is -0.479 e. The van der Waals surface area contributed by atoms with Crippen LogP contribution in [0.3, 0.4) is 0 Å². The molecule has 3 aromatic rings. The molecule has 3 rings (SSSR count). The highest BCUT2D eigenvalue weighted by atomic mass is 35.5. The van der Waals surface area contributed by atoms with Crippen molar-refractivity contribution in [1.82, 2.24) is 0 Å². The Morgan fingerprint density at radius 2 is 1.68 bits per heavy atom. The molecule has 1 atom stereocenters. The van der Waals surface area contributed by atoms with Crippen molar-refractivity contribution in [2.24, 2.45) is 0 Å². The van der Waals surface area contributed by atoms with Crippen molar-refractivity contribution in [3.63, 3.8) is 0 Å². The molecular formula is C20H16Cl2N2O3S. The SMILES string of the molecule is C[C@@H](Oc1ccc(Cl)cc1Cl)C(=O)Nc1ccc(NC(=O)c2cccs2)cc1. The number of benzene rings is 2. The third-order valence-corrected chi connectivity index (χ3v) is 5.12. The summed E-state index contributed by atoms with van der Waals surface area (Å²) >= 11 is 13.3. The molecule has 2 amide bonds. The Labute approximate surface area is 176 Å². The summed E-state index contributed by atoms with van der Waals surface area (Å²) in [5.41, 5.74) is 1.21. The van der Waals surface area contributed by atoms with Crippen molar-refractivity contribution >= 4 is 57.7 Å². The van der Waals surface area contributed by atoms with Crippen LogP contribution in [0.4, 0.5) is 11.4 Å². The summed E-state index contributed by atoms with van der Waals surface area (Å²) in [6.45, 7) is 1.62.